The first kappa shape index (κ1) is 23.5. The minimum absolute atomic E-state index is 0.0681. The summed E-state index contributed by atoms with van der Waals surface area (Å²) in [5.74, 6) is 0.920. The van der Waals surface area contributed by atoms with Crippen LogP contribution in [0.4, 0.5) is 11.5 Å². The predicted molar refractivity (Wildman–Crippen MR) is 129 cm³/mol. The molecule has 1 atom stereocenters. The van der Waals surface area contributed by atoms with Crippen LogP contribution in [0, 0.1) is 6.92 Å². The van der Waals surface area contributed by atoms with Crippen molar-refractivity contribution in [3.05, 3.63) is 35.7 Å². The fraction of sp³-hybridized carbons (Fsp3) is 0.391. The standard InChI is InChI=1S/C23H29N7O4/c1-14-4-5-15-10-18(14)34-9-8-29(2)17(12-31)23(33)30(3)7-6-24-20-19-16(11-25-15)22(32)28-21(19)27-13-26-20/h4-5,10-11,13,17,31-32H,6-9,12H2,1-3H3,(H2,24,26,27,28)/t17-/m1/s1. The lowest BCUT2D eigenvalue weighted by Gasteiger charge is -2.29. The quantitative estimate of drug-likeness (QED) is 0.420. The van der Waals surface area contributed by atoms with E-state index in [-0.39, 0.29) is 18.4 Å². The molecule has 1 aliphatic rings. The van der Waals surface area contributed by atoms with Gasteiger partial charge in [0.25, 0.3) is 0 Å². The molecule has 0 spiro atoms. The van der Waals surface area contributed by atoms with Gasteiger partial charge in [0.2, 0.25) is 5.91 Å². The number of aliphatic hydroxyl groups excluding tert-OH is 1. The van der Waals surface area contributed by atoms with Crippen LogP contribution in [-0.2, 0) is 4.79 Å². The molecule has 0 fully saturated rings. The van der Waals surface area contributed by atoms with E-state index in [1.165, 1.54) is 6.33 Å². The Morgan fingerprint density at radius 3 is 2.85 bits per heavy atom. The molecule has 2 bridgehead atoms. The summed E-state index contributed by atoms with van der Waals surface area (Å²) < 4.78 is 5.96. The van der Waals surface area contributed by atoms with Crippen LogP contribution in [0.5, 0.6) is 11.6 Å². The molecule has 3 aromatic rings. The molecule has 4 N–H and O–H groups in total. The Hall–Kier alpha value is -3.70. The van der Waals surface area contributed by atoms with Gasteiger partial charge in [-0.15, -0.1) is 0 Å². The second-order valence-corrected chi connectivity index (χ2v) is 8.26. The number of aromatic hydroxyl groups is 1. The number of aromatic nitrogens is 3. The highest BCUT2D eigenvalue weighted by atomic mass is 16.5. The van der Waals surface area contributed by atoms with E-state index in [2.05, 4.69) is 25.3 Å². The zero-order valence-corrected chi connectivity index (χ0v) is 19.4. The average Bonchev–Trinajstić information content (AvgIpc) is 3.14. The van der Waals surface area contributed by atoms with E-state index in [1.54, 1.807) is 30.1 Å². The number of aromatic amines is 1. The molecule has 1 aliphatic heterocycles. The molecule has 0 unspecified atom stereocenters. The normalized spacial score (nSPS) is 18.3. The number of fused-ring (bicyclic) bond motifs is 2. The van der Waals surface area contributed by atoms with E-state index in [0.717, 1.165) is 5.56 Å². The van der Waals surface area contributed by atoms with Gasteiger partial charge in [0.15, 0.2) is 5.88 Å². The molecule has 1 aromatic carbocycles. The van der Waals surface area contributed by atoms with Gasteiger partial charge in [-0.25, -0.2) is 9.97 Å². The fourth-order valence-corrected chi connectivity index (χ4v) is 3.82. The van der Waals surface area contributed by atoms with Crippen LogP contribution >= 0.6 is 0 Å². The van der Waals surface area contributed by atoms with E-state index >= 15 is 0 Å². The third-order valence-electron chi connectivity index (χ3n) is 5.93. The fourth-order valence-electron chi connectivity index (χ4n) is 3.82. The summed E-state index contributed by atoms with van der Waals surface area (Å²) in [4.78, 5) is 32.2. The molecule has 11 heteroatoms. The van der Waals surface area contributed by atoms with Crippen molar-refractivity contribution in [2.45, 2.75) is 13.0 Å². The smallest absolute Gasteiger partial charge is 0.242 e. The topological polar surface area (TPSA) is 139 Å². The minimum atomic E-state index is -0.677. The van der Waals surface area contributed by atoms with Gasteiger partial charge in [-0.05, 0) is 25.6 Å². The number of aliphatic imine (C=N–C) groups is 1. The Balaban J connectivity index is 1.73. The number of ether oxygens (including phenoxy) is 1. The lowest BCUT2D eigenvalue weighted by Crippen LogP contribution is -2.50. The SMILES string of the molecule is Cc1ccc2cc1OCCN(C)[C@H](CO)C(=O)N(C)CCNc1ncnc3[nH]c(O)c(c13)C=N2. The van der Waals surface area contributed by atoms with Gasteiger partial charge >= 0.3 is 0 Å². The van der Waals surface area contributed by atoms with Crippen molar-refractivity contribution in [3.8, 4) is 11.6 Å². The molecular weight excluding hydrogens is 438 g/mol. The van der Waals surface area contributed by atoms with Crippen LogP contribution in [0.3, 0.4) is 0 Å². The van der Waals surface area contributed by atoms with Gasteiger partial charge in [-0.3, -0.25) is 14.7 Å². The number of rotatable bonds is 1. The third-order valence-corrected chi connectivity index (χ3v) is 5.93. The Kier molecular flexibility index (Phi) is 6.94. The highest BCUT2D eigenvalue weighted by Gasteiger charge is 2.25. The highest BCUT2D eigenvalue weighted by Crippen LogP contribution is 2.30. The first-order valence-corrected chi connectivity index (χ1v) is 11.0. The Morgan fingerprint density at radius 2 is 2.06 bits per heavy atom. The molecule has 0 saturated heterocycles. The summed E-state index contributed by atoms with van der Waals surface area (Å²) in [6.07, 6.45) is 2.96. The van der Waals surface area contributed by atoms with E-state index in [0.29, 0.717) is 60.1 Å². The van der Waals surface area contributed by atoms with E-state index in [1.807, 2.05) is 25.1 Å². The summed E-state index contributed by atoms with van der Waals surface area (Å²) in [6, 6.07) is 4.91. The number of hydrogen-bond acceptors (Lipinski definition) is 9. The van der Waals surface area contributed by atoms with Crippen LogP contribution in [0.2, 0.25) is 0 Å². The van der Waals surface area contributed by atoms with Crippen molar-refractivity contribution in [3.63, 3.8) is 0 Å². The maximum absolute atomic E-state index is 12.9. The Bertz CT molecular complexity index is 1210. The van der Waals surface area contributed by atoms with Gasteiger partial charge < -0.3 is 30.2 Å². The number of aryl methyl sites for hydroxylation is 1. The molecule has 34 heavy (non-hydrogen) atoms. The molecule has 11 nitrogen and oxygen atoms in total. The number of nitrogens with one attached hydrogen (secondary N) is 2. The lowest BCUT2D eigenvalue weighted by atomic mass is 10.2. The zero-order valence-electron chi connectivity index (χ0n) is 19.4. The molecule has 0 saturated carbocycles. The van der Waals surface area contributed by atoms with E-state index < -0.39 is 6.04 Å². The maximum atomic E-state index is 12.9. The first-order valence-electron chi connectivity index (χ1n) is 11.0. The Morgan fingerprint density at radius 1 is 1.24 bits per heavy atom. The van der Waals surface area contributed by atoms with Crippen molar-refractivity contribution in [2.75, 3.05) is 52.3 Å². The van der Waals surface area contributed by atoms with Crippen LogP contribution < -0.4 is 10.1 Å². The van der Waals surface area contributed by atoms with Crippen molar-refractivity contribution in [1.29, 1.82) is 0 Å². The predicted octanol–water partition coefficient (Wildman–Crippen LogP) is 1.28. The van der Waals surface area contributed by atoms with Crippen molar-refractivity contribution in [2.24, 2.45) is 4.99 Å². The monoisotopic (exact) mass is 467 g/mol. The molecule has 0 radical (unpaired) electrons. The van der Waals surface area contributed by atoms with Gasteiger partial charge in [0, 0.05) is 39.0 Å². The van der Waals surface area contributed by atoms with Crippen molar-refractivity contribution < 1.29 is 19.7 Å². The molecule has 2 aromatic heterocycles. The van der Waals surface area contributed by atoms with E-state index in [4.69, 9.17) is 4.74 Å². The molecule has 0 aliphatic carbocycles. The summed E-state index contributed by atoms with van der Waals surface area (Å²) in [5.41, 5.74) is 2.51. The maximum Gasteiger partial charge on any atom is 0.242 e. The molecule has 3 heterocycles. The van der Waals surface area contributed by atoms with Gasteiger partial charge in [0.1, 0.15) is 36.2 Å². The van der Waals surface area contributed by atoms with Crippen molar-refractivity contribution in [1.82, 2.24) is 24.8 Å². The number of nitrogens with zero attached hydrogens (tertiary/aromatic N) is 5. The van der Waals surface area contributed by atoms with Crippen molar-refractivity contribution >= 4 is 34.7 Å². The summed E-state index contributed by atoms with van der Waals surface area (Å²) in [5, 5.41) is 24.2. The number of carbonyl (C=O) groups is 1. The number of anilines is 1. The van der Waals surface area contributed by atoms with Crippen LogP contribution in [-0.4, -0.2) is 100 Å². The average molecular weight is 468 g/mol. The summed E-state index contributed by atoms with van der Waals surface area (Å²) in [7, 11) is 3.48. The summed E-state index contributed by atoms with van der Waals surface area (Å²) in [6.45, 7) is 3.22. The summed E-state index contributed by atoms with van der Waals surface area (Å²) >= 11 is 0. The zero-order chi connectivity index (χ0) is 24.2. The lowest BCUT2D eigenvalue weighted by molar-refractivity contribution is -0.136. The third kappa shape index (κ3) is 4.80. The largest absolute Gasteiger partial charge is 0.494 e. The number of aliphatic hydroxyl groups is 1. The number of hydrogen-bond donors (Lipinski definition) is 4. The second kappa shape index (κ2) is 10.1. The number of amides is 1. The van der Waals surface area contributed by atoms with Crippen LogP contribution in [0.1, 0.15) is 11.1 Å². The van der Waals surface area contributed by atoms with E-state index in [9.17, 15) is 15.0 Å². The second-order valence-electron chi connectivity index (χ2n) is 8.26. The van der Waals surface area contributed by atoms with Gasteiger partial charge in [0.05, 0.1) is 23.2 Å². The number of H-pyrrole nitrogens is 1. The molecular formula is C23H29N7O4. The van der Waals surface area contributed by atoms with Crippen LogP contribution in [0.25, 0.3) is 11.0 Å². The van der Waals surface area contributed by atoms with Gasteiger partial charge in [-0.2, -0.15) is 0 Å². The van der Waals surface area contributed by atoms with Gasteiger partial charge in [-0.1, -0.05) is 6.07 Å². The Labute approximate surface area is 197 Å². The molecule has 1 amide bonds. The number of likely N-dealkylation sites (N-methyl/N-ethyl adjacent to an activating group) is 2. The first-order chi connectivity index (χ1) is 16.4. The number of benzene rings is 1. The highest BCUT2D eigenvalue weighted by molar-refractivity contribution is 6.06. The molecule has 4 rings (SSSR count). The molecule has 180 valence electrons. The number of carbonyl (C=O) groups excluding carboxylic acids is 1. The van der Waals surface area contributed by atoms with Crippen LogP contribution in [0.15, 0.2) is 29.5 Å². The minimum Gasteiger partial charge on any atom is -0.494 e.